The molecule has 0 aromatic carbocycles. The zero-order valence-corrected chi connectivity index (χ0v) is 16.5. The predicted molar refractivity (Wildman–Crippen MR) is 103 cm³/mol. The molecule has 1 aliphatic rings. The van der Waals surface area contributed by atoms with E-state index in [4.69, 9.17) is 4.99 Å². The van der Waals surface area contributed by atoms with Gasteiger partial charge in [0.05, 0.1) is 12.6 Å². The highest BCUT2D eigenvalue weighted by Gasteiger charge is 2.27. The molecule has 154 valence electrons. The number of ether oxygens (including phenoxy) is 1. The van der Waals surface area contributed by atoms with Gasteiger partial charge in [0.1, 0.15) is 6.61 Å². The first-order valence-corrected chi connectivity index (χ1v) is 10.3. The normalized spacial score (nSPS) is 17.3. The van der Waals surface area contributed by atoms with E-state index in [1.165, 1.54) is 17.7 Å². The van der Waals surface area contributed by atoms with Crippen molar-refractivity contribution in [2.24, 2.45) is 4.99 Å². The van der Waals surface area contributed by atoms with E-state index in [0.717, 1.165) is 19.6 Å². The number of aliphatic imine (C=N–C) groups is 1. The van der Waals surface area contributed by atoms with Crippen LogP contribution in [0.1, 0.15) is 37.1 Å². The van der Waals surface area contributed by atoms with Gasteiger partial charge in [-0.25, -0.2) is 0 Å². The molecule has 0 aliphatic carbocycles. The first-order chi connectivity index (χ1) is 13.0. The summed E-state index contributed by atoms with van der Waals surface area (Å²) in [5, 5.41) is 8.45. The van der Waals surface area contributed by atoms with Crippen LogP contribution in [0.5, 0.6) is 0 Å². The summed E-state index contributed by atoms with van der Waals surface area (Å²) in [4.78, 5) is 8.50. The van der Waals surface area contributed by atoms with Crippen molar-refractivity contribution >= 4 is 17.3 Å². The Morgan fingerprint density at radius 2 is 2.11 bits per heavy atom. The number of nitrogens with zero attached hydrogens (tertiary/aromatic N) is 2. The second-order valence-electron chi connectivity index (χ2n) is 6.44. The third-order valence-corrected chi connectivity index (χ3v) is 5.22. The van der Waals surface area contributed by atoms with Gasteiger partial charge in [0, 0.05) is 24.6 Å². The molecule has 0 saturated carbocycles. The molecule has 0 amide bonds. The summed E-state index contributed by atoms with van der Waals surface area (Å²) >= 11 is 1.75. The molecule has 1 aromatic rings. The molecule has 1 aliphatic heterocycles. The highest BCUT2D eigenvalue weighted by molar-refractivity contribution is 7.10. The third kappa shape index (κ3) is 8.49. The largest absolute Gasteiger partial charge is 0.411 e. The molecule has 9 heteroatoms. The van der Waals surface area contributed by atoms with Crippen molar-refractivity contribution in [2.75, 3.05) is 45.9 Å². The lowest BCUT2D eigenvalue weighted by atomic mass is 10.2. The molecule has 1 saturated heterocycles. The average molecular weight is 407 g/mol. The van der Waals surface area contributed by atoms with Crippen LogP contribution in [-0.2, 0) is 4.74 Å². The van der Waals surface area contributed by atoms with Gasteiger partial charge in [-0.3, -0.25) is 9.89 Å². The van der Waals surface area contributed by atoms with Crippen LogP contribution in [0.15, 0.2) is 22.5 Å². The van der Waals surface area contributed by atoms with Crippen molar-refractivity contribution in [3.63, 3.8) is 0 Å². The Balaban J connectivity index is 1.81. The fraction of sp³-hybridized carbons (Fsp3) is 0.722. The molecule has 1 unspecified atom stereocenters. The lowest BCUT2D eigenvalue weighted by Crippen LogP contribution is -2.39. The number of nitrogens with one attached hydrogen (secondary N) is 2. The van der Waals surface area contributed by atoms with Crippen LogP contribution in [0.2, 0.25) is 0 Å². The molecule has 27 heavy (non-hydrogen) atoms. The van der Waals surface area contributed by atoms with Crippen molar-refractivity contribution in [3.05, 3.63) is 22.4 Å². The lowest BCUT2D eigenvalue weighted by molar-refractivity contribution is -0.173. The van der Waals surface area contributed by atoms with Crippen molar-refractivity contribution in [2.45, 2.75) is 38.4 Å². The summed E-state index contributed by atoms with van der Waals surface area (Å²) in [6.45, 7) is 4.94. The molecule has 5 nitrogen and oxygen atoms in total. The Morgan fingerprint density at radius 3 is 2.74 bits per heavy atom. The van der Waals surface area contributed by atoms with E-state index in [1.54, 1.807) is 11.3 Å². The highest BCUT2D eigenvalue weighted by atomic mass is 32.1. The van der Waals surface area contributed by atoms with Crippen LogP contribution in [0.4, 0.5) is 13.2 Å². The number of hydrogen-bond acceptors (Lipinski definition) is 4. The molecule has 0 spiro atoms. The SMILES string of the molecule is CCNC(=NCC(c1cccs1)N1CCCC1)NCCCOCC(F)(F)F. The Bertz CT molecular complexity index is 545. The van der Waals surface area contributed by atoms with E-state index in [-0.39, 0.29) is 12.6 Å². The molecule has 2 heterocycles. The van der Waals surface area contributed by atoms with Crippen LogP contribution in [-0.4, -0.2) is 63.0 Å². The third-order valence-electron chi connectivity index (χ3n) is 4.24. The smallest absolute Gasteiger partial charge is 0.372 e. The number of thiophene rings is 1. The van der Waals surface area contributed by atoms with E-state index in [0.29, 0.717) is 25.5 Å². The summed E-state index contributed by atoms with van der Waals surface area (Å²) in [5.41, 5.74) is 0. The number of hydrogen-bond donors (Lipinski definition) is 2. The first kappa shape index (κ1) is 22.0. The minimum atomic E-state index is -4.27. The number of likely N-dealkylation sites (tertiary alicyclic amines) is 1. The van der Waals surface area contributed by atoms with Gasteiger partial charge in [-0.2, -0.15) is 13.2 Å². The van der Waals surface area contributed by atoms with Gasteiger partial charge >= 0.3 is 6.18 Å². The van der Waals surface area contributed by atoms with E-state index >= 15 is 0 Å². The van der Waals surface area contributed by atoms with Crippen molar-refractivity contribution < 1.29 is 17.9 Å². The van der Waals surface area contributed by atoms with Crippen LogP contribution in [0.3, 0.4) is 0 Å². The van der Waals surface area contributed by atoms with Gasteiger partial charge in [-0.15, -0.1) is 11.3 Å². The fourth-order valence-corrected chi connectivity index (χ4v) is 3.86. The molecular weight excluding hydrogens is 377 g/mol. The molecule has 2 rings (SSSR count). The minimum absolute atomic E-state index is 0.0670. The van der Waals surface area contributed by atoms with E-state index in [1.807, 2.05) is 6.92 Å². The molecule has 2 N–H and O–H groups in total. The predicted octanol–water partition coefficient (Wildman–Crippen LogP) is 3.41. The number of guanidine groups is 1. The molecule has 1 fully saturated rings. The van der Waals surface area contributed by atoms with Crippen LogP contribution in [0.25, 0.3) is 0 Å². The van der Waals surface area contributed by atoms with Crippen LogP contribution < -0.4 is 10.6 Å². The highest BCUT2D eigenvalue weighted by Crippen LogP contribution is 2.28. The summed E-state index contributed by atoms with van der Waals surface area (Å²) in [5.74, 6) is 0.689. The Kier molecular flexibility index (Phi) is 9.36. The van der Waals surface area contributed by atoms with E-state index in [2.05, 4.69) is 37.8 Å². The van der Waals surface area contributed by atoms with Gasteiger partial charge in [0.2, 0.25) is 0 Å². The Hall–Kier alpha value is -1.32. The monoisotopic (exact) mass is 406 g/mol. The number of alkyl halides is 3. The first-order valence-electron chi connectivity index (χ1n) is 9.43. The topological polar surface area (TPSA) is 48.9 Å². The molecule has 1 atom stereocenters. The Morgan fingerprint density at radius 1 is 1.33 bits per heavy atom. The average Bonchev–Trinajstić information content (AvgIpc) is 3.31. The molecule has 0 radical (unpaired) electrons. The van der Waals surface area contributed by atoms with E-state index < -0.39 is 12.8 Å². The maximum atomic E-state index is 12.0. The van der Waals surface area contributed by atoms with Crippen LogP contribution in [0, 0.1) is 0 Å². The lowest BCUT2D eigenvalue weighted by Gasteiger charge is -2.25. The standard InChI is InChI=1S/C18H29F3N4OS/c1-2-22-17(23-8-6-11-26-14-18(19,20)21)24-13-15(16-7-5-12-27-16)25-9-3-4-10-25/h5,7,12,15H,2-4,6,8-11,13-14H2,1H3,(H2,22,23,24). The maximum Gasteiger partial charge on any atom is 0.411 e. The second kappa shape index (κ2) is 11.5. The molecule has 1 aromatic heterocycles. The van der Waals surface area contributed by atoms with Gasteiger partial charge in [0.15, 0.2) is 5.96 Å². The van der Waals surface area contributed by atoms with E-state index in [9.17, 15) is 13.2 Å². The fourth-order valence-electron chi connectivity index (χ4n) is 3.01. The molecular formula is C18H29F3N4OS. The van der Waals surface area contributed by atoms with Gasteiger partial charge < -0.3 is 15.4 Å². The maximum absolute atomic E-state index is 12.0. The quantitative estimate of drug-likeness (QED) is 0.355. The van der Waals surface area contributed by atoms with Gasteiger partial charge in [-0.1, -0.05) is 6.07 Å². The summed E-state index contributed by atoms with van der Waals surface area (Å²) < 4.78 is 40.7. The van der Waals surface area contributed by atoms with Crippen molar-refractivity contribution in [1.82, 2.24) is 15.5 Å². The second-order valence-corrected chi connectivity index (χ2v) is 7.42. The number of rotatable bonds is 10. The zero-order chi connectivity index (χ0) is 19.5. The molecule has 0 bridgehead atoms. The van der Waals surface area contributed by atoms with Gasteiger partial charge in [-0.05, 0) is 50.7 Å². The Labute approximate surface area is 163 Å². The zero-order valence-electron chi connectivity index (χ0n) is 15.7. The van der Waals surface area contributed by atoms with Gasteiger partial charge in [0.25, 0.3) is 0 Å². The van der Waals surface area contributed by atoms with Crippen molar-refractivity contribution in [1.29, 1.82) is 0 Å². The summed E-state index contributed by atoms with van der Waals surface area (Å²) in [6, 6.07) is 4.50. The minimum Gasteiger partial charge on any atom is -0.372 e. The number of halogens is 3. The summed E-state index contributed by atoms with van der Waals surface area (Å²) in [6.07, 6.45) is -1.33. The van der Waals surface area contributed by atoms with Crippen LogP contribution >= 0.6 is 11.3 Å². The summed E-state index contributed by atoms with van der Waals surface area (Å²) in [7, 11) is 0. The van der Waals surface area contributed by atoms with Crippen molar-refractivity contribution in [3.8, 4) is 0 Å².